The van der Waals surface area contributed by atoms with Gasteiger partial charge in [0.15, 0.2) is 0 Å². The molecule has 2 heterocycles. The van der Waals surface area contributed by atoms with Gasteiger partial charge in [-0.15, -0.1) is 0 Å². The summed E-state index contributed by atoms with van der Waals surface area (Å²) in [7, 11) is 0. The standard InChI is InChI=1S/C32H25N3O3/c1-32(2,3)21-16-24-27(19-10-6-4-7-11-19)28(20-12-8-5-9-13-20)34-29(24)25(17-21)30-31(36)23-18-22(35(37)38)14-15-26(23)33-30/h4-18,34H,1-3H3. The van der Waals surface area contributed by atoms with Crippen LogP contribution in [0.1, 0.15) is 42.3 Å². The molecule has 0 spiro atoms. The Hall–Kier alpha value is -4.84. The fourth-order valence-corrected chi connectivity index (χ4v) is 5.04. The van der Waals surface area contributed by atoms with E-state index in [9.17, 15) is 14.9 Å². The van der Waals surface area contributed by atoms with E-state index in [2.05, 4.69) is 61.1 Å². The molecule has 6 rings (SSSR count). The molecule has 0 unspecified atom stereocenters. The Bertz CT molecular complexity index is 1780. The quantitative estimate of drug-likeness (QED) is 0.200. The minimum atomic E-state index is -0.493. The van der Waals surface area contributed by atoms with Crippen molar-refractivity contribution in [3.05, 3.63) is 118 Å². The second kappa shape index (κ2) is 8.63. The zero-order valence-corrected chi connectivity index (χ0v) is 21.3. The highest BCUT2D eigenvalue weighted by atomic mass is 16.6. The maximum Gasteiger partial charge on any atom is 0.270 e. The summed E-state index contributed by atoms with van der Waals surface area (Å²) in [6.07, 6.45) is 0. The van der Waals surface area contributed by atoms with Gasteiger partial charge in [0.05, 0.1) is 27.4 Å². The molecule has 0 atom stereocenters. The molecule has 0 saturated heterocycles. The molecule has 38 heavy (non-hydrogen) atoms. The maximum atomic E-state index is 13.6. The summed E-state index contributed by atoms with van der Waals surface area (Å²) in [5.74, 6) is -0.312. The van der Waals surface area contributed by atoms with Crippen molar-refractivity contribution >= 4 is 33.8 Å². The van der Waals surface area contributed by atoms with Gasteiger partial charge in [-0.2, -0.15) is 0 Å². The van der Waals surface area contributed by atoms with E-state index in [1.54, 1.807) is 6.07 Å². The molecule has 1 N–H and O–H groups in total. The van der Waals surface area contributed by atoms with Crippen LogP contribution < -0.4 is 0 Å². The summed E-state index contributed by atoms with van der Waals surface area (Å²) in [5.41, 5.74) is 7.33. The number of non-ortho nitro benzene ring substituents is 1. The number of fused-ring (bicyclic) bond motifs is 2. The summed E-state index contributed by atoms with van der Waals surface area (Å²) < 4.78 is 0. The molecule has 6 nitrogen and oxygen atoms in total. The van der Waals surface area contributed by atoms with Crippen molar-refractivity contribution in [1.82, 2.24) is 4.98 Å². The molecule has 0 saturated carbocycles. The number of carbonyl (C=O) groups excluding carboxylic acids is 1. The van der Waals surface area contributed by atoms with Gasteiger partial charge in [-0.25, -0.2) is 4.99 Å². The molecule has 6 heteroatoms. The first kappa shape index (κ1) is 23.6. The lowest BCUT2D eigenvalue weighted by atomic mass is 9.83. The molecule has 1 aliphatic rings. The Morgan fingerprint density at radius 2 is 1.47 bits per heavy atom. The van der Waals surface area contributed by atoms with Gasteiger partial charge in [-0.1, -0.05) is 81.4 Å². The predicted octanol–water partition coefficient (Wildman–Crippen LogP) is 8.02. The normalized spacial score (nSPS) is 13.0. The van der Waals surface area contributed by atoms with Gasteiger partial charge in [0.2, 0.25) is 5.78 Å². The zero-order chi connectivity index (χ0) is 26.6. The van der Waals surface area contributed by atoms with E-state index in [1.807, 2.05) is 42.5 Å². The van der Waals surface area contributed by atoms with E-state index < -0.39 is 4.92 Å². The third-order valence-corrected chi connectivity index (χ3v) is 7.04. The number of benzene rings is 4. The topological polar surface area (TPSA) is 88.4 Å². The highest BCUT2D eigenvalue weighted by Gasteiger charge is 2.31. The number of H-pyrrole nitrogens is 1. The lowest BCUT2D eigenvalue weighted by molar-refractivity contribution is -0.384. The minimum Gasteiger partial charge on any atom is -0.353 e. The molecular weight excluding hydrogens is 474 g/mol. The maximum absolute atomic E-state index is 13.6. The Morgan fingerprint density at radius 3 is 2.11 bits per heavy atom. The van der Waals surface area contributed by atoms with E-state index in [1.165, 1.54) is 12.1 Å². The van der Waals surface area contributed by atoms with Crippen LogP contribution in [0.4, 0.5) is 11.4 Å². The molecule has 0 amide bonds. The van der Waals surface area contributed by atoms with E-state index in [-0.39, 0.29) is 28.2 Å². The number of rotatable bonds is 4. The fourth-order valence-electron chi connectivity index (χ4n) is 5.04. The largest absolute Gasteiger partial charge is 0.353 e. The van der Waals surface area contributed by atoms with Crippen molar-refractivity contribution in [3.8, 4) is 22.4 Å². The van der Waals surface area contributed by atoms with Crippen molar-refractivity contribution in [3.63, 3.8) is 0 Å². The number of hydrogen-bond donors (Lipinski definition) is 1. The molecule has 0 fully saturated rings. The highest BCUT2D eigenvalue weighted by Crippen LogP contribution is 2.43. The molecule has 0 aliphatic carbocycles. The zero-order valence-electron chi connectivity index (χ0n) is 21.3. The summed E-state index contributed by atoms with van der Waals surface area (Å²) >= 11 is 0. The van der Waals surface area contributed by atoms with Crippen LogP contribution in [0, 0.1) is 10.1 Å². The molecule has 1 aliphatic heterocycles. The van der Waals surface area contributed by atoms with E-state index in [0.717, 1.165) is 38.9 Å². The first-order chi connectivity index (χ1) is 18.2. The van der Waals surface area contributed by atoms with Crippen LogP contribution in [0.25, 0.3) is 33.3 Å². The van der Waals surface area contributed by atoms with Gasteiger partial charge in [0, 0.05) is 28.6 Å². The lowest BCUT2D eigenvalue weighted by Gasteiger charge is -2.21. The predicted molar refractivity (Wildman–Crippen MR) is 151 cm³/mol. The van der Waals surface area contributed by atoms with Gasteiger partial charge in [-0.05, 0) is 40.3 Å². The average molecular weight is 500 g/mol. The Labute approximate surface area is 219 Å². The van der Waals surface area contributed by atoms with Crippen molar-refractivity contribution in [2.75, 3.05) is 0 Å². The van der Waals surface area contributed by atoms with Crippen LogP contribution in [0.2, 0.25) is 0 Å². The summed E-state index contributed by atoms with van der Waals surface area (Å²) in [6, 6.07) is 28.8. The highest BCUT2D eigenvalue weighted by molar-refractivity contribution is 6.56. The van der Waals surface area contributed by atoms with Crippen LogP contribution in [0.3, 0.4) is 0 Å². The molecule has 4 aromatic carbocycles. The van der Waals surface area contributed by atoms with Gasteiger partial charge in [0.1, 0.15) is 5.71 Å². The molecule has 5 aromatic rings. The van der Waals surface area contributed by atoms with Crippen molar-refractivity contribution < 1.29 is 9.72 Å². The Balaban J connectivity index is 1.66. The SMILES string of the molecule is CC(C)(C)c1cc(C2=Nc3ccc([N+](=O)[O-])cc3C2=O)c2[nH]c(-c3ccccc3)c(-c3ccccc3)c2c1. The Kier molecular flexibility index (Phi) is 5.35. The molecule has 0 radical (unpaired) electrons. The fraction of sp³-hybridized carbons (Fsp3) is 0.125. The minimum absolute atomic E-state index is 0.125. The van der Waals surface area contributed by atoms with E-state index >= 15 is 0 Å². The first-order valence-electron chi connectivity index (χ1n) is 12.5. The van der Waals surface area contributed by atoms with Gasteiger partial charge in [0.25, 0.3) is 5.69 Å². The first-order valence-corrected chi connectivity index (χ1v) is 12.5. The summed E-state index contributed by atoms with van der Waals surface area (Å²) in [6.45, 7) is 6.42. The Morgan fingerprint density at radius 1 is 0.816 bits per heavy atom. The molecule has 0 bridgehead atoms. The van der Waals surface area contributed by atoms with Crippen molar-refractivity contribution in [2.45, 2.75) is 26.2 Å². The van der Waals surface area contributed by atoms with E-state index in [0.29, 0.717) is 11.3 Å². The number of aliphatic imine (C=N–C) groups is 1. The summed E-state index contributed by atoms with van der Waals surface area (Å²) in [4.78, 5) is 32.8. The third kappa shape index (κ3) is 3.82. The summed E-state index contributed by atoms with van der Waals surface area (Å²) in [5, 5.41) is 12.3. The van der Waals surface area contributed by atoms with Crippen LogP contribution in [-0.4, -0.2) is 21.4 Å². The number of hydrogen-bond acceptors (Lipinski definition) is 4. The van der Waals surface area contributed by atoms with Crippen molar-refractivity contribution in [1.29, 1.82) is 0 Å². The molecule has 186 valence electrons. The van der Waals surface area contributed by atoms with Crippen LogP contribution >= 0.6 is 0 Å². The second-order valence-corrected chi connectivity index (χ2v) is 10.6. The van der Waals surface area contributed by atoms with Crippen LogP contribution in [0.5, 0.6) is 0 Å². The number of nitro benzene ring substituents is 1. The molecular formula is C32H25N3O3. The number of aromatic amines is 1. The number of aromatic nitrogens is 1. The smallest absolute Gasteiger partial charge is 0.270 e. The van der Waals surface area contributed by atoms with E-state index in [4.69, 9.17) is 0 Å². The lowest BCUT2D eigenvalue weighted by Crippen LogP contribution is -2.16. The number of carbonyl (C=O) groups is 1. The average Bonchev–Trinajstić information content (AvgIpc) is 3.46. The van der Waals surface area contributed by atoms with Gasteiger partial charge >= 0.3 is 0 Å². The monoisotopic (exact) mass is 499 g/mol. The molecule has 1 aromatic heterocycles. The third-order valence-electron chi connectivity index (χ3n) is 7.04. The van der Waals surface area contributed by atoms with Gasteiger partial charge < -0.3 is 4.98 Å². The van der Waals surface area contributed by atoms with Crippen molar-refractivity contribution in [2.24, 2.45) is 4.99 Å². The number of nitrogens with one attached hydrogen (secondary N) is 1. The van der Waals surface area contributed by atoms with Crippen LogP contribution in [0.15, 0.2) is 96.0 Å². The number of nitrogens with zero attached hydrogens (tertiary/aromatic N) is 2. The number of nitro groups is 1. The van der Waals surface area contributed by atoms with Crippen LogP contribution in [-0.2, 0) is 5.41 Å². The number of Topliss-reactive ketones (excluding diaryl/α,β-unsaturated/α-hetero) is 1. The van der Waals surface area contributed by atoms with Gasteiger partial charge in [-0.3, -0.25) is 14.9 Å². The second-order valence-electron chi connectivity index (χ2n) is 10.6. The number of ketones is 1.